The maximum absolute atomic E-state index is 11.6. The van der Waals surface area contributed by atoms with Crippen molar-refractivity contribution in [3.05, 3.63) is 0 Å². The summed E-state index contributed by atoms with van der Waals surface area (Å²) < 4.78 is 27.8. The van der Waals surface area contributed by atoms with Gasteiger partial charge >= 0.3 is 35.8 Å². The minimum Gasteiger partial charge on any atom is -0.428 e. The third-order valence-electron chi connectivity index (χ3n) is 3.83. The highest BCUT2D eigenvalue weighted by molar-refractivity contribution is 5.74. The van der Waals surface area contributed by atoms with E-state index in [1.165, 1.54) is 12.2 Å². The molecule has 0 N–H and O–H groups in total. The molecular weight excluding hydrogens is 504 g/mol. The van der Waals surface area contributed by atoms with E-state index in [4.69, 9.17) is 0 Å². The third kappa shape index (κ3) is 21.8. The smallest absolute Gasteiger partial charge is 0.310 e. The van der Waals surface area contributed by atoms with Crippen molar-refractivity contribution in [1.29, 1.82) is 0 Å². The van der Waals surface area contributed by atoms with Crippen molar-refractivity contribution in [1.82, 2.24) is 0 Å². The van der Waals surface area contributed by atoms with E-state index in [0.717, 1.165) is 0 Å². The molecule has 0 atom stereocenters. The Morgan fingerprint density at radius 3 is 0.919 bits per heavy atom. The molecule has 0 aliphatic carbocycles. The van der Waals surface area contributed by atoms with Gasteiger partial charge in [-0.3, -0.25) is 28.8 Å². The molecule has 0 bridgehead atoms. The maximum Gasteiger partial charge on any atom is 0.310 e. The summed E-state index contributed by atoms with van der Waals surface area (Å²) in [6.07, 6.45) is 1.65. The van der Waals surface area contributed by atoms with Crippen molar-refractivity contribution in [3.8, 4) is 0 Å². The number of hydrogen-bond donors (Lipinski definition) is 0. The van der Waals surface area contributed by atoms with Crippen LogP contribution < -0.4 is 0 Å². The standard InChI is InChI=1S/C21H26N2O14/c24-11-22-9-7-20(30)36-14-34-18(28)5-1-3-16(26)32-13-33-17(27)4-2-6-19(29)35-15-37-21(31)8-10-23-12-25/h1-10,13-15H2. The molecule has 0 unspecified atom stereocenters. The number of ether oxygens (including phenoxy) is 6. The molecule has 0 spiro atoms. The van der Waals surface area contributed by atoms with Gasteiger partial charge in [0.05, 0.1) is 25.9 Å². The van der Waals surface area contributed by atoms with E-state index in [1.54, 1.807) is 0 Å². The predicted octanol–water partition coefficient (Wildman–Crippen LogP) is -0.0895. The maximum atomic E-state index is 11.6. The van der Waals surface area contributed by atoms with Crippen LogP contribution in [0.15, 0.2) is 9.98 Å². The van der Waals surface area contributed by atoms with E-state index >= 15 is 0 Å². The van der Waals surface area contributed by atoms with Crippen molar-refractivity contribution in [2.24, 2.45) is 9.98 Å². The monoisotopic (exact) mass is 530 g/mol. The normalized spacial score (nSPS) is 9.51. The number of rotatable bonds is 20. The van der Waals surface area contributed by atoms with Gasteiger partial charge < -0.3 is 28.4 Å². The SMILES string of the molecule is O=C=NCCC(=O)OCOC(=O)CCCC(=O)OCOC(=O)CCCC(=O)OCOC(=O)CCN=C=O. The lowest BCUT2D eigenvalue weighted by Gasteiger charge is -2.07. The Morgan fingerprint density at radius 1 is 0.432 bits per heavy atom. The number of isocyanates is 2. The van der Waals surface area contributed by atoms with E-state index in [0.29, 0.717) is 0 Å². The van der Waals surface area contributed by atoms with Crippen LogP contribution in [0.1, 0.15) is 51.4 Å². The summed E-state index contributed by atoms with van der Waals surface area (Å²) in [5.74, 6) is -4.36. The Labute approximate surface area is 210 Å². The van der Waals surface area contributed by atoms with Crippen LogP contribution in [-0.2, 0) is 66.8 Å². The number of aliphatic imine (C=N–C) groups is 2. The molecule has 0 aliphatic rings. The van der Waals surface area contributed by atoms with Crippen LogP contribution in [0, 0.1) is 0 Å². The van der Waals surface area contributed by atoms with Crippen LogP contribution in [-0.4, -0.2) is 81.4 Å². The first kappa shape index (κ1) is 32.6. The number of carbonyl (C=O) groups is 6. The predicted molar refractivity (Wildman–Crippen MR) is 114 cm³/mol. The third-order valence-corrected chi connectivity index (χ3v) is 3.83. The molecule has 0 amide bonds. The average Bonchev–Trinajstić information content (AvgIpc) is 2.84. The van der Waals surface area contributed by atoms with Gasteiger partial charge in [-0.15, -0.1) is 0 Å². The fourth-order valence-corrected chi connectivity index (χ4v) is 2.06. The van der Waals surface area contributed by atoms with Gasteiger partial charge in [-0.05, 0) is 12.8 Å². The Hall–Kier alpha value is -4.42. The zero-order valence-electron chi connectivity index (χ0n) is 19.8. The van der Waals surface area contributed by atoms with Gasteiger partial charge in [0.2, 0.25) is 32.5 Å². The summed E-state index contributed by atoms with van der Waals surface area (Å²) in [6.45, 7) is -2.07. The zero-order chi connectivity index (χ0) is 27.7. The highest BCUT2D eigenvalue weighted by Gasteiger charge is 2.11. The second-order valence-electron chi connectivity index (χ2n) is 6.60. The van der Waals surface area contributed by atoms with Crippen LogP contribution in [0.2, 0.25) is 0 Å². The molecule has 0 fully saturated rings. The van der Waals surface area contributed by atoms with Crippen molar-refractivity contribution in [2.75, 3.05) is 33.5 Å². The summed E-state index contributed by atoms with van der Waals surface area (Å²) in [6, 6.07) is 0. The Balaban J connectivity index is 3.72. The molecule has 0 saturated carbocycles. The fourth-order valence-electron chi connectivity index (χ4n) is 2.06. The molecule has 0 aromatic heterocycles. The first-order chi connectivity index (χ1) is 17.8. The van der Waals surface area contributed by atoms with Crippen molar-refractivity contribution in [2.45, 2.75) is 51.4 Å². The Bertz CT molecular complexity index is 804. The van der Waals surface area contributed by atoms with Gasteiger partial charge in [0.25, 0.3) is 0 Å². The van der Waals surface area contributed by atoms with Crippen LogP contribution in [0.25, 0.3) is 0 Å². The van der Waals surface area contributed by atoms with Crippen LogP contribution >= 0.6 is 0 Å². The Morgan fingerprint density at radius 2 is 0.676 bits per heavy atom. The molecule has 204 valence electrons. The molecule has 16 heteroatoms. The van der Waals surface area contributed by atoms with Gasteiger partial charge in [0.1, 0.15) is 0 Å². The van der Waals surface area contributed by atoms with Gasteiger partial charge in [-0.25, -0.2) is 19.6 Å². The fraction of sp³-hybridized carbons (Fsp3) is 0.619. The molecule has 0 heterocycles. The lowest BCUT2D eigenvalue weighted by Crippen LogP contribution is -2.15. The van der Waals surface area contributed by atoms with Crippen molar-refractivity contribution in [3.63, 3.8) is 0 Å². The number of esters is 6. The van der Waals surface area contributed by atoms with Gasteiger partial charge in [0, 0.05) is 25.7 Å². The molecular formula is C21H26N2O14. The zero-order valence-corrected chi connectivity index (χ0v) is 19.8. The summed E-state index contributed by atoms with van der Waals surface area (Å²) in [7, 11) is 0. The van der Waals surface area contributed by atoms with E-state index < -0.39 is 56.2 Å². The molecule has 0 saturated heterocycles. The van der Waals surface area contributed by atoms with Gasteiger partial charge in [-0.2, -0.15) is 0 Å². The summed E-state index contributed by atoms with van der Waals surface area (Å²) in [5, 5.41) is 0. The van der Waals surface area contributed by atoms with Crippen LogP contribution in [0.5, 0.6) is 0 Å². The number of carbonyl (C=O) groups excluding carboxylic acids is 8. The van der Waals surface area contributed by atoms with Crippen LogP contribution in [0.4, 0.5) is 0 Å². The minimum absolute atomic E-state index is 0.0672. The second kappa shape index (κ2) is 22.1. The lowest BCUT2D eigenvalue weighted by molar-refractivity contribution is -0.169. The van der Waals surface area contributed by atoms with E-state index in [9.17, 15) is 38.4 Å². The molecule has 37 heavy (non-hydrogen) atoms. The Kier molecular flexibility index (Phi) is 19.4. The molecule has 0 aromatic carbocycles. The molecule has 16 nitrogen and oxygen atoms in total. The molecule has 0 rings (SSSR count). The minimum atomic E-state index is -0.737. The van der Waals surface area contributed by atoms with Crippen molar-refractivity contribution >= 4 is 48.0 Å². The lowest BCUT2D eigenvalue weighted by atomic mass is 10.2. The van der Waals surface area contributed by atoms with Gasteiger partial charge in [-0.1, -0.05) is 0 Å². The van der Waals surface area contributed by atoms with E-state index in [-0.39, 0.29) is 64.5 Å². The highest BCUT2D eigenvalue weighted by atomic mass is 16.7. The largest absolute Gasteiger partial charge is 0.428 e. The van der Waals surface area contributed by atoms with Crippen molar-refractivity contribution < 1.29 is 66.8 Å². The molecule has 0 aromatic rings. The summed E-state index contributed by atoms with van der Waals surface area (Å²) in [4.78, 5) is 94.5. The number of nitrogens with zero attached hydrogens (tertiary/aromatic N) is 2. The quantitative estimate of drug-likeness (QED) is 0.0661. The summed E-state index contributed by atoms with van der Waals surface area (Å²) >= 11 is 0. The first-order valence-corrected chi connectivity index (χ1v) is 10.8. The molecule has 0 radical (unpaired) electrons. The summed E-state index contributed by atoms with van der Waals surface area (Å²) in [5.41, 5.74) is 0. The van der Waals surface area contributed by atoms with Gasteiger partial charge in [0.15, 0.2) is 0 Å². The second-order valence-corrected chi connectivity index (χ2v) is 6.60. The topological polar surface area (TPSA) is 217 Å². The highest BCUT2D eigenvalue weighted by Crippen LogP contribution is 2.03. The average molecular weight is 530 g/mol. The van der Waals surface area contributed by atoms with E-state index in [1.807, 2.05) is 0 Å². The van der Waals surface area contributed by atoms with Crippen LogP contribution in [0.3, 0.4) is 0 Å². The van der Waals surface area contributed by atoms with E-state index in [2.05, 4.69) is 38.4 Å². The number of hydrogen-bond acceptors (Lipinski definition) is 16. The first-order valence-electron chi connectivity index (χ1n) is 10.8. The molecule has 0 aliphatic heterocycles.